The topological polar surface area (TPSA) is 66.4 Å². The Morgan fingerprint density at radius 1 is 1.20 bits per heavy atom. The van der Waals surface area contributed by atoms with Crippen molar-refractivity contribution >= 4 is 11.9 Å². The highest BCUT2D eigenvalue weighted by Crippen LogP contribution is 2.31. The molecule has 4 nitrogen and oxygen atoms in total. The molecule has 0 radical (unpaired) electrons. The lowest BCUT2D eigenvalue weighted by Crippen LogP contribution is -2.57. The van der Waals surface area contributed by atoms with Crippen molar-refractivity contribution in [3.05, 3.63) is 35.1 Å². The van der Waals surface area contributed by atoms with Crippen LogP contribution in [-0.4, -0.2) is 22.5 Å². The van der Waals surface area contributed by atoms with Crippen molar-refractivity contribution in [2.24, 2.45) is 5.41 Å². The van der Waals surface area contributed by atoms with Gasteiger partial charge >= 0.3 is 5.97 Å². The molecule has 0 fully saturated rings. The molecule has 20 heavy (non-hydrogen) atoms. The van der Waals surface area contributed by atoms with Crippen LogP contribution in [0.25, 0.3) is 0 Å². The van der Waals surface area contributed by atoms with Crippen LogP contribution in [0, 0.1) is 18.2 Å². The number of hydrogen-bond acceptors (Lipinski definition) is 2. The number of carbonyl (C=O) groups excluding carboxylic acids is 1. The minimum atomic E-state index is -1.19. The normalized spacial score (nSPS) is 12.1. The van der Waals surface area contributed by atoms with Gasteiger partial charge in [0.2, 0.25) is 0 Å². The van der Waals surface area contributed by atoms with Gasteiger partial charge in [0.15, 0.2) is 0 Å². The largest absolute Gasteiger partial charge is 0.481 e. The van der Waals surface area contributed by atoms with Crippen LogP contribution < -0.4 is 5.32 Å². The SMILES string of the molecule is Cc1cccc(C(=O)NC(C)(C)C(C)(C)C(=O)O)c1F. The number of aryl methyl sites for hydroxylation is 1. The summed E-state index contributed by atoms with van der Waals surface area (Å²) in [4.78, 5) is 23.4. The van der Waals surface area contributed by atoms with Gasteiger partial charge in [-0.1, -0.05) is 12.1 Å². The van der Waals surface area contributed by atoms with E-state index in [2.05, 4.69) is 5.32 Å². The number of carboxylic acid groups (broad SMARTS) is 1. The molecule has 0 spiro atoms. The quantitative estimate of drug-likeness (QED) is 0.891. The maximum atomic E-state index is 13.9. The lowest BCUT2D eigenvalue weighted by molar-refractivity contribution is -0.150. The summed E-state index contributed by atoms with van der Waals surface area (Å²) < 4.78 is 13.9. The van der Waals surface area contributed by atoms with Gasteiger partial charge in [0, 0.05) is 0 Å². The summed E-state index contributed by atoms with van der Waals surface area (Å²) in [5.41, 5.74) is -1.94. The van der Waals surface area contributed by atoms with Crippen LogP contribution in [0.15, 0.2) is 18.2 Å². The predicted octanol–water partition coefficient (Wildman–Crippen LogP) is 2.75. The Morgan fingerprint density at radius 2 is 1.75 bits per heavy atom. The summed E-state index contributed by atoms with van der Waals surface area (Å²) in [6.07, 6.45) is 0. The second kappa shape index (κ2) is 5.23. The first-order valence-electron chi connectivity index (χ1n) is 6.31. The van der Waals surface area contributed by atoms with Gasteiger partial charge in [-0.15, -0.1) is 0 Å². The van der Waals surface area contributed by atoms with Crippen molar-refractivity contribution in [1.82, 2.24) is 5.32 Å². The average Bonchev–Trinajstić information content (AvgIpc) is 2.31. The van der Waals surface area contributed by atoms with E-state index in [4.69, 9.17) is 0 Å². The second-order valence-corrected chi connectivity index (χ2v) is 5.95. The lowest BCUT2D eigenvalue weighted by atomic mass is 9.74. The van der Waals surface area contributed by atoms with E-state index in [1.165, 1.54) is 19.9 Å². The van der Waals surface area contributed by atoms with Gasteiger partial charge in [-0.3, -0.25) is 9.59 Å². The van der Waals surface area contributed by atoms with Crippen molar-refractivity contribution in [2.75, 3.05) is 0 Å². The highest BCUT2D eigenvalue weighted by atomic mass is 19.1. The van der Waals surface area contributed by atoms with Crippen LogP contribution in [0.4, 0.5) is 4.39 Å². The summed E-state index contributed by atoms with van der Waals surface area (Å²) in [6, 6.07) is 4.53. The molecule has 5 heteroatoms. The minimum Gasteiger partial charge on any atom is -0.481 e. The molecule has 0 heterocycles. The van der Waals surface area contributed by atoms with Gasteiger partial charge in [-0.2, -0.15) is 0 Å². The van der Waals surface area contributed by atoms with Gasteiger partial charge in [0.05, 0.1) is 16.5 Å². The first-order chi connectivity index (χ1) is 9.00. The van der Waals surface area contributed by atoms with Gasteiger partial charge in [0.25, 0.3) is 5.91 Å². The molecule has 0 aromatic heterocycles. The van der Waals surface area contributed by atoms with E-state index in [1.54, 1.807) is 32.9 Å². The molecule has 1 amide bonds. The molecule has 1 rings (SSSR count). The van der Waals surface area contributed by atoms with E-state index in [9.17, 15) is 19.1 Å². The Labute approximate surface area is 118 Å². The Balaban J connectivity index is 3.07. The summed E-state index contributed by atoms with van der Waals surface area (Å²) in [5.74, 6) is -2.24. The molecule has 0 aliphatic rings. The predicted molar refractivity (Wildman–Crippen MR) is 74.1 cm³/mol. The van der Waals surface area contributed by atoms with E-state index < -0.39 is 28.6 Å². The standard InChI is InChI=1S/C15H20FNO3/c1-9-7-6-8-10(11(9)16)12(18)17-15(4,5)14(2,3)13(19)20/h6-8H,1-5H3,(H,17,18)(H,19,20). The van der Waals surface area contributed by atoms with Gasteiger partial charge < -0.3 is 10.4 Å². The van der Waals surface area contributed by atoms with Crippen molar-refractivity contribution < 1.29 is 19.1 Å². The number of amides is 1. The molecule has 0 atom stereocenters. The van der Waals surface area contributed by atoms with Crippen LogP contribution >= 0.6 is 0 Å². The number of halogens is 1. The van der Waals surface area contributed by atoms with E-state index in [1.807, 2.05) is 0 Å². The van der Waals surface area contributed by atoms with Gasteiger partial charge in [-0.25, -0.2) is 4.39 Å². The molecule has 0 saturated heterocycles. The highest BCUT2D eigenvalue weighted by Gasteiger charge is 2.44. The minimum absolute atomic E-state index is 0.0840. The molecule has 2 N–H and O–H groups in total. The third kappa shape index (κ3) is 2.81. The van der Waals surface area contributed by atoms with Crippen molar-refractivity contribution in [3.63, 3.8) is 0 Å². The Kier molecular flexibility index (Phi) is 4.22. The fourth-order valence-electron chi connectivity index (χ4n) is 1.60. The van der Waals surface area contributed by atoms with Crippen LogP contribution in [-0.2, 0) is 4.79 Å². The molecule has 0 bridgehead atoms. The first-order valence-corrected chi connectivity index (χ1v) is 6.31. The Bertz CT molecular complexity index is 550. The van der Waals surface area contributed by atoms with Gasteiger partial charge in [-0.05, 0) is 46.2 Å². The Morgan fingerprint density at radius 3 is 2.25 bits per heavy atom. The fraction of sp³-hybridized carbons (Fsp3) is 0.467. The molecule has 1 aromatic carbocycles. The number of hydrogen-bond donors (Lipinski definition) is 2. The monoisotopic (exact) mass is 281 g/mol. The molecule has 0 unspecified atom stereocenters. The number of aliphatic carboxylic acids is 1. The first kappa shape index (κ1) is 16.1. The van der Waals surface area contributed by atoms with Crippen LogP contribution in [0.2, 0.25) is 0 Å². The summed E-state index contributed by atoms with van der Waals surface area (Å²) >= 11 is 0. The van der Waals surface area contributed by atoms with Crippen molar-refractivity contribution in [3.8, 4) is 0 Å². The summed E-state index contributed by atoms with van der Waals surface area (Å²) in [6.45, 7) is 7.81. The van der Waals surface area contributed by atoms with Crippen LogP contribution in [0.1, 0.15) is 43.6 Å². The summed E-state index contributed by atoms with van der Waals surface area (Å²) in [5, 5.41) is 11.8. The molecule has 0 aliphatic carbocycles. The van der Waals surface area contributed by atoms with E-state index in [-0.39, 0.29) is 5.56 Å². The Hall–Kier alpha value is -1.91. The molecular weight excluding hydrogens is 261 g/mol. The smallest absolute Gasteiger partial charge is 0.311 e. The van der Waals surface area contributed by atoms with E-state index in [0.29, 0.717) is 5.56 Å². The maximum Gasteiger partial charge on any atom is 0.311 e. The number of benzene rings is 1. The van der Waals surface area contributed by atoms with Crippen LogP contribution in [0.3, 0.4) is 0 Å². The third-order valence-electron chi connectivity index (χ3n) is 3.96. The third-order valence-corrected chi connectivity index (χ3v) is 3.96. The lowest BCUT2D eigenvalue weighted by Gasteiger charge is -2.38. The number of carboxylic acids is 1. The maximum absolute atomic E-state index is 13.9. The van der Waals surface area contributed by atoms with E-state index >= 15 is 0 Å². The highest BCUT2D eigenvalue weighted by molar-refractivity contribution is 5.95. The molecule has 0 saturated carbocycles. The van der Waals surface area contributed by atoms with Crippen molar-refractivity contribution in [1.29, 1.82) is 0 Å². The van der Waals surface area contributed by atoms with Crippen LogP contribution in [0.5, 0.6) is 0 Å². The van der Waals surface area contributed by atoms with Crippen molar-refractivity contribution in [2.45, 2.75) is 40.2 Å². The molecule has 0 aliphatic heterocycles. The number of nitrogens with one attached hydrogen (secondary N) is 1. The zero-order chi connectivity index (χ0) is 15.7. The van der Waals surface area contributed by atoms with E-state index in [0.717, 1.165) is 0 Å². The summed E-state index contributed by atoms with van der Waals surface area (Å²) in [7, 11) is 0. The fourth-order valence-corrected chi connectivity index (χ4v) is 1.60. The van der Waals surface area contributed by atoms with Gasteiger partial charge in [0.1, 0.15) is 5.82 Å². The average molecular weight is 281 g/mol. The molecule has 110 valence electrons. The second-order valence-electron chi connectivity index (χ2n) is 5.95. The number of carbonyl (C=O) groups is 2. The zero-order valence-electron chi connectivity index (χ0n) is 12.4. The number of rotatable bonds is 4. The zero-order valence-corrected chi connectivity index (χ0v) is 12.4. The molecular formula is C15H20FNO3. The molecule has 1 aromatic rings.